The summed E-state index contributed by atoms with van der Waals surface area (Å²) >= 11 is 0. The van der Waals surface area contributed by atoms with Gasteiger partial charge < -0.3 is 9.84 Å². The van der Waals surface area contributed by atoms with Crippen LogP contribution in [0.4, 0.5) is 13.2 Å². The minimum absolute atomic E-state index is 0.0395. The number of rotatable bonds is 3. The molecule has 20 heavy (non-hydrogen) atoms. The smallest absolute Gasteiger partial charge is 0.416 e. The summed E-state index contributed by atoms with van der Waals surface area (Å²) in [5.74, 6) is -1.20. The molecule has 0 atom stereocenters. The van der Waals surface area contributed by atoms with E-state index in [0.29, 0.717) is 0 Å². The van der Waals surface area contributed by atoms with Crippen LogP contribution >= 0.6 is 0 Å². The van der Waals surface area contributed by atoms with Crippen molar-refractivity contribution in [2.45, 2.75) is 6.18 Å². The van der Waals surface area contributed by atoms with Crippen LogP contribution in [0.3, 0.4) is 0 Å². The Morgan fingerprint density at radius 3 is 2.50 bits per heavy atom. The lowest BCUT2D eigenvalue weighted by Gasteiger charge is -2.10. The Kier molecular flexibility index (Phi) is 3.60. The average Bonchev–Trinajstić information content (AvgIpc) is 2.38. The maximum atomic E-state index is 12.5. The van der Waals surface area contributed by atoms with Crippen LogP contribution in [0, 0.1) is 0 Å². The molecule has 7 heteroatoms. The molecule has 0 spiro atoms. The van der Waals surface area contributed by atoms with Crippen LogP contribution in [-0.2, 0) is 6.18 Å². The van der Waals surface area contributed by atoms with Gasteiger partial charge in [0.15, 0.2) is 5.69 Å². The number of aromatic carboxylic acids is 1. The Balaban J connectivity index is 2.26. The second-order valence-corrected chi connectivity index (χ2v) is 3.81. The van der Waals surface area contributed by atoms with Gasteiger partial charge in [-0.3, -0.25) is 0 Å². The molecule has 104 valence electrons. The van der Waals surface area contributed by atoms with Crippen molar-refractivity contribution in [3.63, 3.8) is 0 Å². The monoisotopic (exact) mass is 283 g/mol. The standard InChI is InChI=1S/C13H8F3NO3/c14-13(15,16)8-2-1-3-9(6-8)20-10-4-5-17-11(7-10)12(18)19/h1-7H,(H,18,19). The summed E-state index contributed by atoms with van der Waals surface area (Å²) in [4.78, 5) is 14.3. The van der Waals surface area contributed by atoms with E-state index in [1.807, 2.05) is 0 Å². The zero-order valence-electron chi connectivity index (χ0n) is 9.89. The molecule has 0 unspecified atom stereocenters. The van der Waals surface area contributed by atoms with E-state index < -0.39 is 17.7 Å². The molecular formula is C13H8F3NO3. The number of hydrogen-bond acceptors (Lipinski definition) is 3. The number of benzene rings is 1. The fraction of sp³-hybridized carbons (Fsp3) is 0.0769. The largest absolute Gasteiger partial charge is 0.477 e. The van der Waals surface area contributed by atoms with Gasteiger partial charge in [-0.05, 0) is 24.3 Å². The number of alkyl halides is 3. The number of pyridine rings is 1. The summed E-state index contributed by atoms with van der Waals surface area (Å²) in [7, 11) is 0. The molecule has 1 aromatic heterocycles. The summed E-state index contributed by atoms with van der Waals surface area (Å²) < 4.78 is 42.8. The molecule has 0 fully saturated rings. The van der Waals surface area contributed by atoms with E-state index in [9.17, 15) is 18.0 Å². The van der Waals surface area contributed by atoms with Gasteiger partial charge >= 0.3 is 12.1 Å². The first-order chi connectivity index (χ1) is 9.36. The maximum Gasteiger partial charge on any atom is 0.416 e. The van der Waals surface area contributed by atoms with Crippen molar-refractivity contribution < 1.29 is 27.8 Å². The number of carboxylic acid groups (broad SMARTS) is 1. The first-order valence-electron chi connectivity index (χ1n) is 5.41. The van der Waals surface area contributed by atoms with E-state index in [0.717, 1.165) is 18.2 Å². The molecule has 0 radical (unpaired) electrons. The molecule has 2 rings (SSSR count). The molecule has 0 saturated heterocycles. The fourth-order valence-corrected chi connectivity index (χ4v) is 1.46. The SMILES string of the molecule is O=C(O)c1cc(Oc2cccc(C(F)(F)F)c2)ccn1. The minimum Gasteiger partial charge on any atom is -0.477 e. The van der Waals surface area contributed by atoms with Crippen LogP contribution in [-0.4, -0.2) is 16.1 Å². The van der Waals surface area contributed by atoms with Crippen LogP contribution < -0.4 is 4.74 Å². The molecule has 0 aliphatic heterocycles. The Hall–Kier alpha value is -2.57. The average molecular weight is 283 g/mol. The van der Waals surface area contributed by atoms with Gasteiger partial charge in [0.1, 0.15) is 11.5 Å². The van der Waals surface area contributed by atoms with Crippen LogP contribution in [0.1, 0.15) is 16.1 Å². The second kappa shape index (κ2) is 5.20. The van der Waals surface area contributed by atoms with E-state index in [2.05, 4.69) is 4.98 Å². The minimum atomic E-state index is -4.47. The van der Waals surface area contributed by atoms with Crippen LogP contribution in [0.25, 0.3) is 0 Å². The lowest BCUT2D eigenvalue weighted by Crippen LogP contribution is -2.04. The van der Waals surface area contributed by atoms with Crippen LogP contribution in [0.2, 0.25) is 0 Å². The van der Waals surface area contributed by atoms with E-state index in [4.69, 9.17) is 9.84 Å². The predicted molar refractivity (Wildman–Crippen MR) is 62.7 cm³/mol. The third-order valence-electron chi connectivity index (χ3n) is 2.35. The highest BCUT2D eigenvalue weighted by Gasteiger charge is 2.30. The number of ether oxygens (including phenoxy) is 1. The lowest BCUT2D eigenvalue weighted by atomic mass is 10.2. The van der Waals surface area contributed by atoms with Crippen molar-refractivity contribution in [1.29, 1.82) is 0 Å². The molecule has 0 aliphatic carbocycles. The van der Waals surface area contributed by atoms with Crippen molar-refractivity contribution in [1.82, 2.24) is 4.98 Å². The first kappa shape index (κ1) is 13.9. The van der Waals surface area contributed by atoms with Crippen molar-refractivity contribution in [2.75, 3.05) is 0 Å². The van der Waals surface area contributed by atoms with E-state index in [1.165, 1.54) is 24.4 Å². The second-order valence-electron chi connectivity index (χ2n) is 3.81. The summed E-state index contributed by atoms with van der Waals surface area (Å²) in [6, 6.07) is 6.78. The van der Waals surface area contributed by atoms with Gasteiger partial charge in [-0.15, -0.1) is 0 Å². The number of carboxylic acids is 1. The predicted octanol–water partition coefficient (Wildman–Crippen LogP) is 3.59. The summed E-state index contributed by atoms with van der Waals surface area (Å²) in [6.45, 7) is 0. The van der Waals surface area contributed by atoms with Gasteiger partial charge in [0, 0.05) is 12.3 Å². The third-order valence-corrected chi connectivity index (χ3v) is 2.35. The Morgan fingerprint density at radius 1 is 1.15 bits per heavy atom. The van der Waals surface area contributed by atoms with Gasteiger partial charge in [0.2, 0.25) is 0 Å². The van der Waals surface area contributed by atoms with Gasteiger partial charge in [-0.2, -0.15) is 13.2 Å². The van der Waals surface area contributed by atoms with Crippen molar-refractivity contribution in [3.8, 4) is 11.5 Å². The Labute approximate surface area is 111 Å². The third kappa shape index (κ3) is 3.25. The van der Waals surface area contributed by atoms with Crippen molar-refractivity contribution >= 4 is 5.97 Å². The van der Waals surface area contributed by atoms with Crippen LogP contribution in [0.15, 0.2) is 42.6 Å². The summed E-state index contributed by atoms with van der Waals surface area (Å²) in [6.07, 6.45) is -3.27. The molecule has 0 saturated carbocycles. The number of hydrogen-bond donors (Lipinski definition) is 1. The topological polar surface area (TPSA) is 59.4 Å². The molecule has 1 aromatic carbocycles. The zero-order chi connectivity index (χ0) is 14.8. The maximum absolute atomic E-state index is 12.5. The molecule has 2 aromatic rings. The van der Waals surface area contributed by atoms with E-state index >= 15 is 0 Å². The van der Waals surface area contributed by atoms with Crippen molar-refractivity contribution in [2.24, 2.45) is 0 Å². The molecule has 0 bridgehead atoms. The lowest BCUT2D eigenvalue weighted by molar-refractivity contribution is -0.137. The molecule has 0 amide bonds. The quantitative estimate of drug-likeness (QED) is 0.935. The normalized spacial score (nSPS) is 11.2. The number of carbonyl (C=O) groups is 1. The van der Waals surface area contributed by atoms with Gasteiger partial charge in [0.25, 0.3) is 0 Å². The highest BCUT2D eigenvalue weighted by atomic mass is 19.4. The van der Waals surface area contributed by atoms with E-state index in [1.54, 1.807) is 0 Å². The molecule has 0 aliphatic rings. The summed E-state index contributed by atoms with van der Waals surface area (Å²) in [5.41, 5.74) is -1.10. The highest BCUT2D eigenvalue weighted by Crippen LogP contribution is 2.32. The zero-order valence-corrected chi connectivity index (χ0v) is 9.89. The molecule has 1 heterocycles. The van der Waals surface area contributed by atoms with Crippen LogP contribution in [0.5, 0.6) is 11.5 Å². The van der Waals surface area contributed by atoms with Gasteiger partial charge in [-0.25, -0.2) is 9.78 Å². The number of nitrogens with zero attached hydrogens (tertiary/aromatic N) is 1. The van der Waals surface area contributed by atoms with Crippen molar-refractivity contribution in [3.05, 3.63) is 53.9 Å². The number of halogens is 3. The van der Waals surface area contributed by atoms with Gasteiger partial charge in [-0.1, -0.05) is 6.07 Å². The Morgan fingerprint density at radius 2 is 1.85 bits per heavy atom. The number of aromatic nitrogens is 1. The van der Waals surface area contributed by atoms with E-state index in [-0.39, 0.29) is 17.2 Å². The summed E-state index contributed by atoms with van der Waals surface area (Å²) in [5, 5.41) is 8.76. The Bertz CT molecular complexity index is 641. The molecule has 4 nitrogen and oxygen atoms in total. The first-order valence-corrected chi connectivity index (χ1v) is 5.41. The van der Waals surface area contributed by atoms with Gasteiger partial charge in [0.05, 0.1) is 5.56 Å². The highest BCUT2D eigenvalue weighted by molar-refractivity contribution is 5.85. The fourth-order valence-electron chi connectivity index (χ4n) is 1.46. The molecule has 1 N–H and O–H groups in total. The molecular weight excluding hydrogens is 275 g/mol.